The van der Waals surface area contributed by atoms with Crippen LogP contribution in [0.25, 0.3) is 0 Å². The van der Waals surface area contributed by atoms with Crippen LogP contribution in [0, 0.1) is 13.8 Å². The van der Waals surface area contributed by atoms with Crippen LogP contribution in [0.2, 0.25) is 5.02 Å². The van der Waals surface area contributed by atoms with Gasteiger partial charge in [-0.15, -0.1) is 0 Å². The van der Waals surface area contributed by atoms with Crippen LogP contribution in [0.3, 0.4) is 0 Å². The Morgan fingerprint density at radius 3 is 2.37 bits per heavy atom. The molecule has 41 heavy (non-hydrogen) atoms. The molecule has 3 aromatic rings. The van der Waals surface area contributed by atoms with Crippen molar-refractivity contribution in [2.24, 2.45) is 0 Å². The number of methoxy groups -OCH3 is 1. The van der Waals surface area contributed by atoms with E-state index in [1.165, 1.54) is 17.0 Å². The van der Waals surface area contributed by atoms with E-state index in [0.717, 1.165) is 28.3 Å². The zero-order chi connectivity index (χ0) is 30.2. The van der Waals surface area contributed by atoms with Gasteiger partial charge in [-0.3, -0.25) is 13.9 Å². The lowest BCUT2D eigenvalue weighted by Gasteiger charge is -2.32. The van der Waals surface area contributed by atoms with Gasteiger partial charge in [-0.1, -0.05) is 54.8 Å². The average Bonchev–Trinajstić information content (AvgIpc) is 2.95. The van der Waals surface area contributed by atoms with Crippen molar-refractivity contribution >= 4 is 39.1 Å². The quantitative estimate of drug-likeness (QED) is 0.262. The number of sulfonamides is 1. The number of hydrogen-bond acceptors (Lipinski definition) is 5. The Kier molecular flexibility index (Phi) is 11.2. The van der Waals surface area contributed by atoms with Crippen LogP contribution in [-0.4, -0.2) is 51.4 Å². The van der Waals surface area contributed by atoms with E-state index in [4.69, 9.17) is 16.3 Å². The van der Waals surface area contributed by atoms with Crippen LogP contribution < -0.4 is 14.4 Å². The summed E-state index contributed by atoms with van der Waals surface area (Å²) in [5.74, 6) is -0.239. The van der Waals surface area contributed by atoms with Gasteiger partial charge in [0, 0.05) is 18.1 Å². The predicted octanol–water partition coefficient (Wildman–Crippen LogP) is 5.49. The Bertz CT molecular complexity index is 1460. The molecule has 1 atom stereocenters. The molecule has 0 bridgehead atoms. The molecule has 0 aliphatic rings. The van der Waals surface area contributed by atoms with Gasteiger partial charge in [-0.2, -0.15) is 0 Å². The number of nitrogens with one attached hydrogen (secondary N) is 1. The van der Waals surface area contributed by atoms with Crippen LogP contribution in [-0.2, 0) is 26.2 Å². The van der Waals surface area contributed by atoms with Crippen LogP contribution in [0.15, 0.2) is 71.6 Å². The summed E-state index contributed by atoms with van der Waals surface area (Å²) in [4.78, 5) is 28.6. The Morgan fingerprint density at radius 2 is 1.73 bits per heavy atom. The monoisotopic (exact) mass is 599 g/mol. The van der Waals surface area contributed by atoms with Crippen molar-refractivity contribution in [2.75, 3.05) is 24.5 Å². The number of carbonyl (C=O) groups is 2. The standard InChI is InChI=1S/C31H38ClN3O5S/c1-6-7-17-33-31(37)24(4)34(20-25-9-8-10-27(19-25)40-5)30(36)21-35(29-16-13-26(32)18-23(29)3)41(38,39)28-14-11-22(2)12-15-28/h8-16,18-19,24H,6-7,17,20-21H2,1-5H3,(H,33,37). The van der Waals surface area contributed by atoms with Crippen LogP contribution >= 0.6 is 11.6 Å². The maximum Gasteiger partial charge on any atom is 0.264 e. The highest BCUT2D eigenvalue weighted by atomic mass is 35.5. The van der Waals surface area contributed by atoms with Gasteiger partial charge in [0.05, 0.1) is 17.7 Å². The van der Waals surface area contributed by atoms with E-state index in [-0.39, 0.29) is 17.3 Å². The molecular weight excluding hydrogens is 562 g/mol. The summed E-state index contributed by atoms with van der Waals surface area (Å²) in [6, 6.07) is 17.6. The van der Waals surface area contributed by atoms with Crippen molar-refractivity contribution in [3.05, 3.63) is 88.4 Å². The molecule has 0 saturated carbocycles. The number of rotatable bonds is 13. The van der Waals surface area contributed by atoms with Gasteiger partial charge in [-0.25, -0.2) is 8.42 Å². The number of ether oxygens (including phenoxy) is 1. The molecule has 1 unspecified atom stereocenters. The zero-order valence-electron chi connectivity index (χ0n) is 24.2. The highest BCUT2D eigenvalue weighted by Crippen LogP contribution is 2.29. The van der Waals surface area contributed by atoms with Gasteiger partial charge in [0.15, 0.2) is 0 Å². The molecule has 2 amide bonds. The lowest BCUT2D eigenvalue weighted by molar-refractivity contribution is -0.139. The molecule has 0 aliphatic carbocycles. The second-order valence-electron chi connectivity index (χ2n) is 9.95. The second-order valence-corrected chi connectivity index (χ2v) is 12.2. The summed E-state index contributed by atoms with van der Waals surface area (Å²) in [6.45, 7) is 7.32. The number of unbranched alkanes of at least 4 members (excludes halogenated alkanes) is 1. The van der Waals surface area contributed by atoms with Crippen molar-refractivity contribution in [1.82, 2.24) is 10.2 Å². The fourth-order valence-corrected chi connectivity index (χ4v) is 6.04. The fourth-order valence-electron chi connectivity index (χ4n) is 4.34. The minimum atomic E-state index is -4.16. The second kappa shape index (κ2) is 14.4. The molecule has 0 saturated heterocycles. The van der Waals surface area contributed by atoms with Crippen molar-refractivity contribution in [3.63, 3.8) is 0 Å². The number of benzene rings is 3. The SMILES string of the molecule is CCCCNC(=O)C(C)N(Cc1cccc(OC)c1)C(=O)CN(c1ccc(Cl)cc1C)S(=O)(=O)c1ccc(C)cc1. The third kappa shape index (κ3) is 8.24. The molecule has 3 rings (SSSR count). The van der Waals surface area contributed by atoms with E-state index in [9.17, 15) is 18.0 Å². The number of nitrogens with zero attached hydrogens (tertiary/aromatic N) is 2. The van der Waals surface area contributed by atoms with Gasteiger partial charge in [0.1, 0.15) is 18.3 Å². The number of carbonyl (C=O) groups excluding carboxylic acids is 2. The Balaban J connectivity index is 2.04. The van der Waals surface area contributed by atoms with Crippen LogP contribution in [0.5, 0.6) is 5.75 Å². The molecule has 8 nitrogen and oxygen atoms in total. The fraction of sp³-hybridized carbons (Fsp3) is 0.355. The third-order valence-corrected chi connectivity index (χ3v) is 8.81. The summed E-state index contributed by atoms with van der Waals surface area (Å²) in [5.41, 5.74) is 2.55. The van der Waals surface area contributed by atoms with Gasteiger partial charge in [0.25, 0.3) is 10.0 Å². The van der Waals surface area contributed by atoms with Crippen molar-refractivity contribution in [3.8, 4) is 5.75 Å². The first-order valence-corrected chi connectivity index (χ1v) is 15.4. The first-order chi connectivity index (χ1) is 19.5. The number of halogens is 1. The summed E-state index contributed by atoms with van der Waals surface area (Å²) in [7, 11) is -2.61. The number of aryl methyl sites for hydroxylation is 2. The van der Waals surface area contributed by atoms with Gasteiger partial charge in [0.2, 0.25) is 11.8 Å². The normalized spacial score (nSPS) is 12.0. The summed E-state index contributed by atoms with van der Waals surface area (Å²) >= 11 is 6.17. The molecule has 1 N–H and O–H groups in total. The van der Waals surface area contributed by atoms with Gasteiger partial charge < -0.3 is 15.0 Å². The first kappa shape index (κ1) is 32.0. The molecule has 0 aromatic heterocycles. The average molecular weight is 600 g/mol. The van der Waals surface area contributed by atoms with E-state index in [1.54, 1.807) is 69.5 Å². The van der Waals surface area contributed by atoms with Gasteiger partial charge >= 0.3 is 0 Å². The molecular formula is C31H38ClN3O5S. The summed E-state index contributed by atoms with van der Waals surface area (Å²) in [5, 5.41) is 3.33. The molecule has 0 radical (unpaired) electrons. The molecule has 0 spiro atoms. The van der Waals surface area contributed by atoms with Crippen molar-refractivity contribution in [1.29, 1.82) is 0 Å². The molecule has 0 heterocycles. The highest BCUT2D eigenvalue weighted by Gasteiger charge is 2.33. The molecule has 10 heteroatoms. The van der Waals surface area contributed by atoms with E-state index < -0.39 is 28.5 Å². The minimum Gasteiger partial charge on any atom is -0.497 e. The van der Waals surface area contributed by atoms with E-state index in [0.29, 0.717) is 28.6 Å². The Hall–Kier alpha value is -3.56. The summed E-state index contributed by atoms with van der Waals surface area (Å²) < 4.78 is 34.4. The third-order valence-electron chi connectivity index (χ3n) is 6.80. The van der Waals surface area contributed by atoms with Crippen LogP contribution in [0.1, 0.15) is 43.4 Å². The molecule has 0 aliphatic heterocycles. The van der Waals surface area contributed by atoms with E-state index >= 15 is 0 Å². The minimum absolute atomic E-state index is 0.0509. The van der Waals surface area contributed by atoms with E-state index in [1.807, 2.05) is 19.9 Å². The Labute approximate surface area is 248 Å². The number of anilines is 1. The number of amides is 2. The zero-order valence-corrected chi connectivity index (χ0v) is 25.8. The Morgan fingerprint density at radius 1 is 1.02 bits per heavy atom. The smallest absolute Gasteiger partial charge is 0.264 e. The lowest BCUT2D eigenvalue weighted by atomic mass is 10.1. The number of hydrogen-bond donors (Lipinski definition) is 1. The van der Waals surface area contributed by atoms with Gasteiger partial charge in [-0.05, 0) is 80.8 Å². The topological polar surface area (TPSA) is 96.0 Å². The maximum atomic E-state index is 14.1. The lowest BCUT2D eigenvalue weighted by Crippen LogP contribution is -2.51. The highest BCUT2D eigenvalue weighted by molar-refractivity contribution is 7.92. The van der Waals surface area contributed by atoms with Crippen molar-refractivity contribution < 1.29 is 22.7 Å². The van der Waals surface area contributed by atoms with Crippen LogP contribution in [0.4, 0.5) is 5.69 Å². The summed E-state index contributed by atoms with van der Waals surface area (Å²) in [6.07, 6.45) is 1.72. The largest absolute Gasteiger partial charge is 0.497 e. The maximum absolute atomic E-state index is 14.1. The molecule has 0 fully saturated rings. The molecule has 3 aromatic carbocycles. The van der Waals surface area contributed by atoms with Crippen molar-refractivity contribution in [2.45, 2.75) is 58.0 Å². The molecule has 220 valence electrons. The predicted molar refractivity (Wildman–Crippen MR) is 163 cm³/mol. The first-order valence-electron chi connectivity index (χ1n) is 13.5. The van der Waals surface area contributed by atoms with E-state index in [2.05, 4.69) is 5.32 Å².